The molecule has 128 valence electrons. The fraction of sp³-hybridized carbons (Fsp3) is 0.647. The molecular formula is C17H27N3O3. The summed E-state index contributed by atoms with van der Waals surface area (Å²) < 4.78 is 10.7. The molecule has 1 amide bonds. The predicted octanol–water partition coefficient (Wildman–Crippen LogP) is 3.04. The number of methoxy groups -OCH3 is 1. The molecule has 1 N–H and O–H groups in total. The average molecular weight is 321 g/mol. The number of carbonyl (C=O) groups excluding carboxylic acids is 1. The Kier molecular flexibility index (Phi) is 5.82. The molecule has 1 saturated heterocycles. The number of piperidine rings is 1. The highest BCUT2D eigenvalue weighted by molar-refractivity contribution is 5.68. The zero-order chi connectivity index (χ0) is 16.9. The first-order valence-electron chi connectivity index (χ1n) is 8.06. The van der Waals surface area contributed by atoms with Crippen molar-refractivity contribution in [1.82, 2.24) is 9.88 Å². The maximum atomic E-state index is 12.2. The molecule has 0 radical (unpaired) electrons. The maximum Gasteiger partial charge on any atom is 0.410 e. The minimum atomic E-state index is -0.468. The molecule has 0 aromatic carbocycles. The van der Waals surface area contributed by atoms with Gasteiger partial charge in [-0.25, -0.2) is 9.78 Å². The minimum Gasteiger partial charge on any atom is -0.444 e. The number of nitrogens with zero attached hydrogens (tertiary/aromatic N) is 2. The molecule has 6 heteroatoms. The van der Waals surface area contributed by atoms with Crippen molar-refractivity contribution in [3.8, 4) is 0 Å². The first kappa shape index (κ1) is 17.5. The first-order valence-corrected chi connectivity index (χ1v) is 8.06. The van der Waals surface area contributed by atoms with Gasteiger partial charge in [0.1, 0.15) is 11.4 Å². The summed E-state index contributed by atoms with van der Waals surface area (Å²) in [4.78, 5) is 18.4. The summed E-state index contributed by atoms with van der Waals surface area (Å²) in [6.07, 6.45) is 3.46. The standard InChI is InChI=1S/C17H27N3O3/c1-17(2,3)23-16(21)20-10-6-8-14(11-20)19-15-13(12-22-4)7-5-9-18-15/h5,7,9,14H,6,8,10-12H2,1-4H3,(H,18,19)/t14-/m1/s1. The van der Waals surface area contributed by atoms with Crippen molar-refractivity contribution in [2.75, 3.05) is 25.5 Å². The lowest BCUT2D eigenvalue weighted by Gasteiger charge is -2.34. The summed E-state index contributed by atoms with van der Waals surface area (Å²) in [5, 5.41) is 3.44. The van der Waals surface area contributed by atoms with Crippen LogP contribution in [0.1, 0.15) is 39.2 Å². The van der Waals surface area contributed by atoms with E-state index in [1.807, 2.05) is 32.9 Å². The monoisotopic (exact) mass is 321 g/mol. The fourth-order valence-electron chi connectivity index (χ4n) is 2.62. The van der Waals surface area contributed by atoms with E-state index in [0.29, 0.717) is 13.2 Å². The summed E-state index contributed by atoms with van der Waals surface area (Å²) in [7, 11) is 1.67. The van der Waals surface area contributed by atoms with Gasteiger partial charge in [0.2, 0.25) is 0 Å². The maximum absolute atomic E-state index is 12.2. The predicted molar refractivity (Wildman–Crippen MR) is 89.4 cm³/mol. The van der Waals surface area contributed by atoms with Crippen LogP contribution >= 0.6 is 0 Å². The van der Waals surface area contributed by atoms with E-state index >= 15 is 0 Å². The molecule has 2 heterocycles. The van der Waals surface area contributed by atoms with Crippen LogP contribution in [0.25, 0.3) is 0 Å². The third-order valence-corrected chi connectivity index (χ3v) is 3.61. The number of pyridine rings is 1. The normalized spacial score (nSPS) is 18.6. The van der Waals surface area contributed by atoms with E-state index < -0.39 is 5.60 Å². The Bertz CT molecular complexity index is 528. The number of nitrogens with one attached hydrogen (secondary N) is 1. The van der Waals surface area contributed by atoms with Crippen molar-refractivity contribution >= 4 is 11.9 Å². The summed E-state index contributed by atoms with van der Waals surface area (Å²) in [6, 6.07) is 4.06. The van der Waals surface area contributed by atoms with Gasteiger partial charge >= 0.3 is 6.09 Å². The Morgan fingerprint density at radius 3 is 2.96 bits per heavy atom. The smallest absolute Gasteiger partial charge is 0.410 e. The molecule has 1 aromatic heterocycles. The fourth-order valence-corrected chi connectivity index (χ4v) is 2.62. The van der Waals surface area contributed by atoms with Gasteiger partial charge in [-0.2, -0.15) is 0 Å². The average Bonchev–Trinajstić information content (AvgIpc) is 2.48. The van der Waals surface area contributed by atoms with Crippen LogP contribution in [0.15, 0.2) is 18.3 Å². The Morgan fingerprint density at radius 2 is 2.26 bits per heavy atom. The minimum absolute atomic E-state index is 0.168. The molecule has 1 aliphatic heterocycles. The number of amides is 1. The molecule has 0 saturated carbocycles. The van der Waals surface area contributed by atoms with E-state index in [1.54, 1.807) is 18.2 Å². The van der Waals surface area contributed by atoms with Gasteiger partial charge in [-0.1, -0.05) is 6.07 Å². The Hall–Kier alpha value is -1.82. The van der Waals surface area contributed by atoms with Crippen molar-refractivity contribution < 1.29 is 14.3 Å². The lowest BCUT2D eigenvalue weighted by molar-refractivity contribution is 0.0206. The van der Waals surface area contributed by atoms with Gasteiger partial charge in [-0.3, -0.25) is 0 Å². The van der Waals surface area contributed by atoms with Gasteiger partial charge < -0.3 is 19.7 Å². The van der Waals surface area contributed by atoms with Crippen molar-refractivity contribution in [3.05, 3.63) is 23.9 Å². The van der Waals surface area contributed by atoms with Crippen LogP contribution in [0, 0.1) is 0 Å². The van der Waals surface area contributed by atoms with Crippen LogP contribution in [-0.2, 0) is 16.1 Å². The quantitative estimate of drug-likeness (QED) is 0.923. The highest BCUT2D eigenvalue weighted by atomic mass is 16.6. The SMILES string of the molecule is COCc1cccnc1N[C@@H]1CCCN(C(=O)OC(C)(C)C)C1. The topological polar surface area (TPSA) is 63.7 Å². The number of rotatable bonds is 4. The van der Waals surface area contributed by atoms with Crippen LogP contribution in [-0.4, -0.2) is 47.8 Å². The zero-order valence-electron chi connectivity index (χ0n) is 14.5. The molecule has 1 aliphatic rings. The van der Waals surface area contributed by atoms with Gasteiger partial charge in [0.15, 0.2) is 0 Å². The van der Waals surface area contributed by atoms with Crippen LogP contribution in [0.2, 0.25) is 0 Å². The number of hydrogen-bond donors (Lipinski definition) is 1. The highest BCUT2D eigenvalue weighted by Crippen LogP contribution is 2.20. The van der Waals surface area contributed by atoms with Gasteiger partial charge in [0.25, 0.3) is 0 Å². The Morgan fingerprint density at radius 1 is 1.48 bits per heavy atom. The lowest BCUT2D eigenvalue weighted by atomic mass is 10.1. The molecular weight excluding hydrogens is 294 g/mol. The van der Waals surface area contributed by atoms with E-state index in [2.05, 4.69) is 10.3 Å². The second-order valence-corrected chi connectivity index (χ2v) is 6.85. The van der Waals surface area contributed by atoms with E-state index in [1.165, 1.54) is 0 Å². The highest BCUT2D eigenvalue weighted by Gasteiger charge is 2.28. The second-order valence-electron chi connectivity index (χ2n) is 6.85. The first-order chi connectivity index (χ1) is 10.9. The zero-order valence-corrected chi connectivity index (χ0v) is 14.5. The van der Waals surface area contributed by atoms with E-state index in [9.17, 15) is 4.79 Å². The van der Waals surface area contributed by atoms with Crippen LogP contribution in [0.3, 0.4) is 0 Å². The molecule has 0 bridgehead atoms. The van der Waals surface area contributed by atoms with Crippen LogP contribution < -0.4 is 5.32 Å². The summed E-state index contributed by atoms with van der Waals surface area (Å²) in [5.41, 5.74) is 0.550. The van der Waals surface area contributed by atoms with Crippen LogP contribution in [0.5, 0.6) is 0 Å². The molecule has 2 rings (SSSR count). The summed E-state index contributed by atoms with van der Waals surface area (Å²) >= 11 is 0. The molecule has 0 unspecified atom stereocenters. The third-order valence-electron chi connectivity index (χ3n) is 3.61. The largest absolute Gasteiger partial charge is 0.444 e. The lowest BCUT2D eigenvalue weighted by Crippen LogP contribution is -2.47. The number of ether oxygens (including phenoxy) is 2. The van der Waals surface area contributed by atoms with Crippen molar-refractivity contribution in [1.29, 1.82) is 0 Å². The Labute approximate surface area is 138 Å². The van der Waals surface area contributed by atoms with Crippen molar-refractivity contribution in [3.63, 3.8) is 0 Å². The van der Waals surface area contributed by atoms with Gasteiger partial charge in [0.05, 0.1) is 6.61 Å². The molecule has 1 fully saturated rings. The van der Waals surface area contributed by atoms with Gasteiger partial charge in [0, 0.05) is 38.0 Å². The van der Waals surface area contributed by atoms with E-state index in [4.69, 9.17) is 9.47 Å². The van der Waals surface area contributed by atoms with Crippen LogP contribution in [0.4, 0.5) is 10.6 Å². The number of anilines is 1. The summed E-state index contributed by atoms with van der Waals surface area (Å²) in [5.74, 6) is 0.824. The summed E-state index contributed by atoms with van der Waals surface area (Å²) in [6.45, 7) is 7.53. The number of likely N-dealkylation sites (tertiary alicyclic amines) is 1. The van der Waals surface area contributed by atoms with Crippen molar-refractivity contribution in [2.45, 2.75) is 51.9 Å². The molecule has 1 atom stereocenters. The van der Waals surface area contributed by atoms with Gasteiger partial charge in [-0.05, 0) is 39.7 Å². The molecule has 1 aromatic rings. The second kappa shape index (κ2) is 7.64. The molecule has 0 spiro atoms. The number of hydrogen-bond acceptors (Lipinski definition) is 5. The Balaban J connectivity index is 1.98. The van der Waals surface area contributed by atoms with Gasteiger partial charge in [-0.15, -0.1) is 0 Å². The molecule has 0 aliphatic carbocycles. The third kappa shape index (κ3) is 5.39. The molecule has 6 nitrogen and oxygen atoms in total. The molecule has 23 heavy (non-hydrogen) atoms. The van der Waals surface area contributed by atoms with E-state index in [-0.39, 0.29) is 12.1 Å². The number of carbonyl (C=O) groups is 1. The van der Waals surface area contributed by atoms with E-state index in [0.717, 1.165) is 30.8 Å². The number of aromatic nitrogens is 1. The van der Waals surface area contributed by atoms with Crippen molar-refractivity contribution in [2.24, 2.45) is 0 Å².